The number of alkyl halides is 3. The summed E-state index contributed by atoms with van der Waals surface area (Å²) in [5.74, 6) is -1.20. The molecule has 3 rings (SSSR count). The van der Waals surface area contributed by atoms with Gasteiger partial charge in [0, 0.05) is 18.3 Å². The predicted molar refractivity (Wildman–Crippen MR) is 113 cm³/mol. The van der Waals surface area contributed by atoms with Gasteiger partial charge in [-0.2, -0.15) is 18.3 Å². The lowest BCUT2D eigenvalue weighted by atomic mass is 10.1. The molecule has 0 saturated heterocycles. The zero-order chi connectivity index (χ0) is 24.2. The highest BCUT2D eigenvalue weighted by atomic mass is 19.4. The van der Waals surface area contributed by atoms with Crippen molar-refractivity contribution in [3.05, 3.63) is 92.9 Å². The van der Waals surface area contributed by atoms with Crippen molar-refractivity contribution in [1.82, 2.24) is 15.1 Å². The van der Waals surface area contributed by atoms with Crippen molar-refractivity contribution >= 4 is 11.9 Å². The third-order valence-corrected chi connectivity index (χ3v) is 4.81. The van der Waals surface area contributed by atoms with Crippen LogP contribution >= 0.6 is 0 Å². The summed E-state index contributed by atoms with van der Waals surface area (Å²) < 4.78 is 44.9. The number of aryl methyl sites for hydroxylation is 1. The molecule has 2 aromatic carbocycles. The number of hydrogen-bond donors (Lipinski definition) is 1. The van der Waals surface area contributed by atoms with E-state index in [1.54, 1.807) is 24.3 Å². The summed E-state index contributed by atoms with van der Waals surface area (Å²) in [5.41, 5.74) is -0.368. The van der Waals surface area contributed by atoms with Crippen LogP contribution in [-0.4, -0.2) is 35.3 Å². The van der Waals surface area contributed by atoms with E-state index in [9.17, 15) is 27.6 Å². The van der Waals surface area contributed by atoms with Gasteiger partial charge in [-0.25, -0.2) is 9.48 Å². The van der Waals surface area contributed by atoms with Gasteiger partial charge in [0.15, 0.2) is 5.69 Å². The molecule has 0 aliphatic rings. The van der Waals surface area contributed by atoms with Crippen LogP contribution in [0.2, 0.25) is 0 Å². The summed E-state index contributed by atoms with van der Waals surface area (Å²) in [4.78, 5) is 36.3. The minimum absolute atomic E-state index is 0.0714. The van der Waals surface area contributed by atoms with Crippen LogP contribution in [0.5, 0.6) is 0 Å². The first-order valence-corrected chi connectivity index (χ1v) is 9.84. The van der Waals surface area contributed by atoms with E-state index < -0.39 is 34.7 Å². The molecule has 172 valence electrons. The minimum Gasteiger partial charge on any atom is -0.465 e. The Morgan fingerprint density at radius 2 is 1.79 bits per heavy atom. The number of nitrogens with zero attached hydrogens (tertiary/aromatic N) is 2. The number of halogens is 3. The molecule has 10 heteroatoms. The number of methoxy groups -OCH3 is 1. The molecule has 0 aliphatic carbocycles. The summed E-state index contributed by atoms with van der Waals surface area (Å²) in [7, 11) is 1.28. The SMILES string of the molecule is COC(=O)c1ccc(CCNC(=O)c2nn(-c3cccc(C(F)(F)F)c3)c(C)cc2=O)cc1. The van der Waals surface area contributed by atoms with E-state index in [4.69, 9.17) is 0 Å². The minimum atomic E-state index is -4.54. The maximum Gasteiger partial charge on any atom is 0.416 e. The van der Waals surface area contributed by atoms with E-state index in [1.807, 2.05) is 0 Å². The fraction of sp³-hybridized carbons (Fsp3) is 0.217. The molecule has 1 heterocycles. The zero-order valence-electron chi connectivity index (χ0n) is 17.8. The Morgan fingerprint density at radius 3 is 2.42 bits per heavy atom. The van der Waals surface area contributed by atoms with Gasteiger partial charge in [0.25, 0.3) is 5.91 Å². The number of amides is 1. The van der Waals surface area contributed by atoms with E-state index in [0.29, 0.717) is 12.0 Å². The Hall–Kier alpha value is -3.95. The summed E-state index contributed by atoms with van der Waals surface area (Å²) in [6.07, 6.45) is -4.13. The van der Waals surface area contributed by atoms with E-state index >= 15 is 0 Å². The highest BCUT2D eigenvalue weighted by Gasteiger charge is 2.30. The first kappa shape index (κ1) is 23.7. The molecular weight excluding hydrogens is 439 g/mol. The topological polar surface area (TPSA) is 90.3 Å². The van der Waals surface area contributed by atoms with Crippen molar-refractivity contribution in [2.24, 2.45) is 0 Å². The Bertz CT molecular complexity index is 1230. The van der Waals surface area contributed by atoms with E-state index in [0.717, 1.165) is 28.4 Å². The normalized spacial score (nSPS) is 11.2. The average Bonchev–Trinajstić information content (AvgIpc) is 2.78. The second kappa shape index (κ2) is 9.68. The Kier molecular flexibility index (Phi) is 6.95. The molecule has 0 aliphatic heterocycles. The van der Waals surface area contributed by atoms with Crippen LogP contribution in [-0.2, 0) is 17.3 Å². The van der Waals surface area contributed by atoms with E-state index in [1.165, 1.54) is 26.2 Å². The van der Waals surface area contributed by atoms with Crippen LogP contribution in [0.15, 0.2) is 59.4 Å². The lowest BCUT2D eigenvalue weighted by Crippen LogP contribution is -2.33. The lowest BCUT2D eigenvalue weighted by molar-refractivity contribution is -0.137. The van der Waals surface area contributed by atoms with Crippen LogP contribution in [0.25, 0.3) is 5.69 Å². The molecule has 7 nitrogen and oxygen atoms in total. The third-order valence-electron chi connectivity index (χ3n) is 4.81. The molecule has 0 atom stereocenters. The predicted octanol–water partition coefficient (Wildman–Crippen LogP) is 3.32. The van der Waals surface area contributed by atoms with Gasteiger partial charge < -0.3 is 10.1 Å². The first-order chi connectivity index (χ1) is 15.6. The molecular formula is C23H20F3N3O4. The monoisotopic (exact) mass is 459 g/mol. The van der Waals surface area contributed by atoms with Crippen LogP contribution in [0.1, 0.15) is 37.7 Å². The average molecular weight is 459 g/mol. The fourth-order valence-electron chi connectivity index (χ4n) is 3.11. The van der Waals surface area contributed by atoms with E-state index in [-0.39, 0.29) is 17.9 Å². The Labute approximate surface area is 186 Å². The van der Waals surface area contributed by atoms with Crippen molar-refractivity contribution < 1.29 is 27.5 Å². The smallest absolute Gasteiger partial charge is 0.416 e. The van der Waals surface area contributed by atoms with Crippen LogP contribution < -0.4 is 10.7 Å². The van der Waals surface area contributed by atoms with E-state index in [2.05, 4.69) is 15.2 Å². The third kappa shape index (κ3) is 5.65. The quantitative estimate of drug-likeness (QED) is 0.572. The fourth-order valence-corrected chi connectivity index (χ4v) is 3.11. The molecule has 0 unspecified atom stereocenters. The number of carbonyl (C=O) groups excluding carboxylic acids is 2. The standard InChI is InChI=1S/C23H20F3N3O4/c1-14-12-19(30)20(28-29(14)18-5-3-4-17(13-18)23(24,25)26)21(31)27-11-10-15-6-8-16(9-7-15)22(32)33-2/h3-9,12-13H,10-11H2,1-2H3,(H,27,31). The van der Waals surface area contributed by atoms with Gasteiger partial charge in [-0.1, -0.05) is 18.2 Å². The number of esters is 1. The van der Waals surface area contributed by atoms with Crippen molar-refractivity contribution in [3.63, 3.8) is 0 Å². The number of benzene rings is 2. The van der Waals surface area contributed by atoms with Gasteiger partial charge in [0.05, 0.1) is 23.9 Å². The Balaban J connectivity index is 1.75. The van der Waals surface area contributed by atoms with Crippen molar-refractivity contribution in [2.45, 2.75) is 19.5 Å². The highest BCUT2D eigenvalue weighted by molar-refractivity contribution is 5.92. The van der Waals surface area contributed by atoms with Crippen molar-refractivity contribution in [1.29, 1.82) is 0 Å². The van der Waals surface area contributed by atoms with Crippen molar-refractivity contribution in [3.8, 4) is 5.69 Å². The molecule has 3 aromatic rings. The molecule has 33 heavy (non-hydrogen) atoms. The number of carbonyl (C=O) groups is 2. The summed E-state index contributed by atoms with van der Waals surface area (Å²) >= 11 is 0. The molecule has 0 bridgehead atoms. The van der Waals surface area contributed by atoms with Crippen LogP contribution in [0.4, 0.5) is 13.2 Å². The van der Waals surface area contributed by atoms with Gasteiger partial charge >= 0.3 is 12.1 Å². The first-order valence-electron chi connectivity index (χ1n) is 9.84. The molecule has 0 radical (unpaired) electrons. The van der Waals surface area contributed by atoms with Crippen molar-refractivity contribution in [2.75, 3.05) is 13.7 Å². The second-order valence-electron chi connectivity index (χ2n) is 7.15. The van der Waals surface area contributed by atoms with Crippen LogP contribution in [0.3, 0.4) is 0 Å². The number of rotatable bonds is 6. The lowest BCUT2D eigenvalue weighted by Gasteiger charge is -2.13. The molecule has 1 N–H and O–H groups in total. The summed E-state index contributed by atoms with van der Waals surface area (Å²) in [5, 5.41) is 6.59. The molecule has 0 fully saturated rings. The Morgan fingerprint density at radius 1 is 1.09 bits per heavy atom. The number of aromatic nitrogens is 2. The maximum absolute atomic E-state index is 13.0. The van der Waals surface area contributed by atoms with Gasteiger partial charge in [-0.15, -0.1) is 0 Å². The zero-order valence-corrected chi connectivity index (χ0v) is 17.8. The molecule has 0 spiro atoms. The van der Waals surface area contributed by atoms with Gasteiger partial charge in [0.2, 0.25) is 5.43 Å². The second-order valence-corrected chi connectivity index (χ2v) is 7.15. The highest BCUT2D eigenvalue weighted by Crippen LogP contribution is 2.30. The molecule has 1 aromatic heterocycles. The van der Waals surface area contributed by atoms with Gasteiger partial charge in [0.1, 0.15) is 0 Å². The largest absolute Gasteiger partial charge is 0.465 e. The molecule has 1 amide bonds. The number of hydrogen-bond acceptors (Lipinski definition) is 5. The number of nitrogens with one attached hydrogen (secondary N) is 1. The molecule has 0 saturated carbocycles. The maximum atomic E-state index is 13.0. The van der Waals surface area contributed by atoms with Gasteiger partial charge in [-0.05, 0) is 49.2 Å². The summed E-state index contributed by atoms with van der Waals surface area (Å²) in [6, 6.07) is 12.2. The van der Waals surface area contributed by atoms with Gasteiger partial charge in [-0.3, -0.25) is 9.59 Å². The van der Waals surface area contributed by atoms with Crippen LogP contribution in [0, 0.1) is 6.92 Å². The number of ether oxygens (including phenoxy) is 1. The summed E-state index contributed by atoms with van der Waals surface area (Å²) in [6.45, 7) is 1.68.